The zero-order valence-corrected chi connectivity index (χ0v) is 18.0. The molecule has 0 spiro atoms. The number of likely N-dealkylation sites (tertiary alicyclic amines) is 2. The summed E-state index contributed by atoms with van der Waals surface area (Å²) in [5.74, 6) is 0.925. The summed E-state index contributed by atoms with van der Waals surface area (Å²) in [6.45, 7) is 11.1. The van der Waals surface area contributed by atoms with Crippen LogP contribution in [-0.2, 0) is 6.54 Å². The first kappa shape index (κ1) is 21.3. The molecular weight excluding hydrogens is 346 g/mol. The van der Waals surface area contributed by atoms with Crippen LogP contribution in [0.3, 0.4) is 0 Å². The van der Waals surface area contributed by atoms with Crippen molar-refractivity contribution in [3.05, 3.63) is 35.4 Å². The van der Waals surface area contributed by atoms with Crippen LogP contribution < -0.4 is 5.32 Å². The topological polar surface area (TPSA) is 35.6 Å². The van der Waals surface area contributed by atoms with E-state index < -0.39 is 0 Å². The first-order chi connectivity index (χ1) is 13.7. The SMILES string of the molecule is CC[C@H]1CCCCN1CCCNC(=O)c1ccc(CN2CCC(C)CC2)cc1. The van der Waals surface area contributed by atoms with Crippen LogP contribution in [-0.4, -0.2) is 54.5 Å². The van der Waals surface area contributed by atoms with E-state index in [9.17, 15) is 4.79 Å². The number of carbonyl (C=O) groups is 1. The number of benzene rings is 1. The second-order valence-corrected chi connectivity index (χ2v) is 8.86. The Labute approximate surface area is 171 Å². The summed E-state index contributed by atoms with van der Waals surface area (Å²) >= 11 is 0. The number of amides is 1. The van der Waals surface area contributed by atoms with Gasteiger partial charge < -0.3 is 10.2 Å². The van der Waals surface area contributed by atoms with Gasteiger partial charge in [0.2, 0.25) is 0 Å². The lowest BCUT2D eigenvalue weighted by molar-refractivity contribution is 0.0947. The van der Waals surface area contributed by atoms with Gasteiger partial charge in [0.05, 0.1) is 0 Å². The van der Waals surface area contributed by atoms with E-state index in [1.807, 2.05) is 12.1 Å². The van der Waals surface area contributed by atoms with Crippen molar-refractivity contribution in [2.45, 2.75) is 71.4 Å². The fourth-order valence-corrected chi connectivity index (χ4v) is 4.64. The van der Waals surface area contributed by atoms with Crippen molar-refractivity contribution in [1.29, 1.82) is 0 Å². The monoisotopic (exact) mass is 385 g/mol. The van der Waals surface area contributed by atoms with Crippen molar-refractivity contribution >= 4 is 5.91 Å². The van der Waals surface area contributed by atoms with Gasteiger partial charge in [-0.2, -0.15) is 0 Å². The molecule has 2 aliphatic heterocycles. The van der Waals surface area contributed by atoms with Crippen LogP contribution in [0.5, 0.6) is 0 Å². The van der Waals surface area contributed by atoms with E-state index >= 15 is 0 Å². The van der Waals surface area contributed by atoms with Gasteiger partial charge in [-0.1, -0.05) is 32.4 Å². The molecule has 2 saturated heterocycles. The molecule has 1 aromatic rings. The Kier molecular flexibility index (Phi) is 8.35. The molecule has 0 aromatic heterocycles. The molecular formula is C24H39N3O. The van der Waals surface area contributed by atoms with E-state index in [4.69, 9.17) is 0 Å². The molecule has 1 aromatic carbocycles. The van der Waals surface area contributed by atoms with Crippen molar-refractivity contribution < 1.29 is 4.79 Å². The van der Waals surface area contributed by atoms with Gasteiger partial charge >= 0.3 is 0 Å². The van der Waals surface area contributed by atoms with Gasteiger partial charge in [0.1, 0.15) is 0 Å². The number of nitrogens with one attached hydrogen (secondary N) is 1. The molecule has 3 rings (SSSR count). The van der Waals surface area contributed by atoms with Crippen molar-refractivity contribution in [2.75, 3.05) is 32.7 Å². The van der Waals surface area contributed by atoms with Gasteiger partial charge in [0, 0.05) is 31.2 Å². The first-order valence-corrected chi connectivity index (χ1v) is 11.5. The Bertz CT molecular complexity index is 592. The molecule has 2 aliphatic rings. The zero-order valence-electron chi connectivity index (χ0n) is 18.0. The largest absolute Gasteiger partial charge is 0.352 e. The number of hydrogen-bond acceptors (Lipinski definition) is 3. The van der Waals surface area contributed by atoms with Crippen molar-refractivity contribution in [3.63, 3.8) is 0 Å². The van der Waals surface area contributed by atoms with Gasteiger partial charge in [-0.3, -0.25) is 9.69 Å². The summed E-state index contributed by atoms with van der Waals surface area (Å²) in [4.78, 5) is 17.6. The fraction of sp³-hybridized carbons (Fsp3) is 0.708. The lowest BCUT2D eigenvalue weighted by Gasteiger charge is -2.35. The molecule has 28 heavy (non-hydrogen) atoms. The average Bonchev–Trinajstić information content (AvgIpc) is 2.73. The second kappa shape index (κ2) is 11.0. The molecule has 0 saturated carbocycles. The molecule has 0 radical (unpaired) electrons. The zero-order chi connectivity index (χ0) is 19.8. The molecule has 2 heterocycles. The predicted octanol–water partition coefficient (Wildman–Crippen LogP) is 4.30. The Hall–Kier alpha value is -1.39. The number of carbonyl (C=O) groups excluding carboxylic acids is 1. The van der Waals surface area contributed by atoms with Gasteiger partial charge in [0.15, 0.2) is 0 Å². The molecule has 0 unspecified atom stereocenters. The van der Waals surface area contributed by atoms with E-state index in [1.54, 1.807) is 0 Å². The summed E-state index contributed by atoms with van der Waals surface area (Å²) in [6, 6.07) is 8.95. The minimum Gasteiger partial charge on any atom is -0.352 e. The molecule has 1 N–H and O–H groups in total. The van der Waals surface area contributed by atoms with E-state index in [0.717, 1.165) is 43.6 Å². The van der Waals surface area contributed by atoms with Crippen LogP contribution in [0.4, 0.5) is 0 Å². The molecule has 1 amide bonds. The Morgan fingerprint density at radius 3 is 2.54 bits per heavy atom. The van der Waals surface area contributed by atoms with Crippen molar-refractivity contribution in [2.24, 2.45) is 5.92 Å². The standard InChI is InChI=1S/C24H39N3O/c1-3-23-7-4-5-15-27(23)16-6-14-25-24(28)22-10-8-21(9-11-22)19-26-17-12-20(2)13-18-26/h8-11,20,23H,3-7,12-19H2,1-2H3,(H,25,28)/t23-/m0/s1. The highest BCUT2D eigenvalue weighted by molar-refractivity contribution is 5.94. The lowest BCUT2D eigenvalue weighted by Crippen LogP contribution is -2.40. The van der Waals surface area contributed by atoms with Crippen molar-refractivity contribution in [1.82, 2.24) is 15.1 Å². The summed E-state index contributed by atoms with van der Waals surface area (Å²) in [6.07, 6.45) is 8.92. The fourth-order valence-electron chi connectivity index (χ4n) is 4.64. The van der Waals surface area contributed by atoms with Crippen LogP contribution in [0.25, 0.3) is 0 Å². The third kappa shape index (κ3) is 6.31. The highest BCUT2D eigenvalue weighted by atomic mass is 16.1. The van der Waals surface area contributed by atoms with Gasteiger partial charge in [0.25, 0.3) is 5.91 Å². The Balaban J connectivity index is 1.37. The summed E-state index contributed by atoms with van der Waals surface area (Å²) in [5, 5.41) is 3.10. The third-order valence-electron chi connectivity index (χ3n) is 6.63. The number of hydrogen-bond donors (Lipinski definition) is 1. The van der Waals surface area contributed by atoms with Crippen LogP contribution >= 0.6 is 0 Å². The maximum absolute atomic E-state index is 12.4. The smallest absolute Gasteiger partial charge is 0.251 e. The minimum absolute atomic E-state index is 0.0593. The van der Waals surface area contributed by atoms with Crippen molar-refractivity contribution in [3.8, 4) is 0 Å². The molecule has 4 heteroatoms. The molecule has 2 fully saturated rings. The molecule has 0 bridgehead atoms. The summed E-state index contributed by atoms with van der Waals surface area (Å²) < 4.78 is 0. The molecule has 4 nitrogen and oxygen atoms in total. The Morgan fingerprint density at radius 2 is 1.82 bits per heavy atom. The maximum Gasteiger partial charge on any atom is 0.251 e. The van der Waals surface area contributed by atoms with E-state index in [2.05, 4.69) is 41.1 Å². The highest BCUT2D eigenvalue weighted by Crippen LogP contribution is 2.20. The first-order valence-electron chi connectivity index (χ1n) is 11.5. The molecule has 0 aliphatic carbocycles. The summed E-state index contributed by atoms with van der Waals surface area (Å²) in [5.41, 5.74) is 2.09. The Morgan fingerprint density at radius 1 is 1.07 bits per heavy atom. The van der Waals surface area contributed by atoms with Crippen LogP contribution in [0.1, 0.15) is 74.7 Å². The number of nitrogens with zero attached hydrogens (tertiary/aromatic N) is 2. The normalized spacial score (nSPS) is 22.3. The van der Waals surface area contributed by atoms with Gasteiger partial charge in [-0.15, -0.1) is 0 Å². The van der Waals surface area contributed by atoms with Crippen LogP contribution in [0.2, 0.25) is 0 Å². The average molecular weight is 386 g/mol. The van der Waals surface area contributed by atoms with E-state index in [-0.39, 0.29) is 5.91 Å². The van der Waals surface area contributed by atoms with E-state index in [1.165, 1.54) is 63.7 Å². The maximum atomic E-state index is 12.4. The second-order valence-electron chi connectivity index (χ2n) is 8.86. The molecule has 1 atom stereocenters. The minimum atomic E-state index is 0.0593. The van der Waals surface area contributed by atoms with Gasteiger partial charge in [-0.25, -0.2) is 0 Å². The summed E-state index contributed by atoms with van der Waals surface area (Å²) in [7, 11) is 0. The van der Waals surface area contributed by atoms with Crippen LogP contribution in [0.15, 0.2) is 24.3 Å². The quantitative estimate of drug-likeness (QED) is 0.678. The molecule has 156 valence electrons. The van der Waals surface area contributed by atoms with Gasteiger partial charge in [-0.05, 0) is 81.8 Å². The number of piperidine rings is 2. The predicted molar refractivity (Wildman–Crippen MR) is 117 cm³/mol. The third-order valence-corrected chi connectivity index (χ3v) is 6.63. The van der Waals surface area contributed by atoms with Crippen LogP contribution in [0, 0.1) is 5.92 Å². The number of rotatable bonds is 8. The highest BCUT2D eigenvalue weighted by Gasteiger charge is 2.20. The van der Waals surface area contributed by atoms with E-state index in [0.29, 0.717) is 0 Å². The lowest BCUT2D eigenvalue weighted by atomic mass is 9.99.